The van der Waals surface area contributed by atoms with Crippen molar-refractivity contribution in [2.24, 2.45) is 0 Å². The summed E-state index contributed by atoms with van der Waals surface area (Å²) in [7, 11) is 0. The van der Waals surface area contributed by atoms with Gasteiger partial charge in [-0.15, -0.1) is 22.7 Å². The van der Waals surface area contributed by atoms with Gasteiger partial charge >= 0.3 is 0 Å². The smallest absolute Gasteiger partial charge is 0.0355 e. The van der Waals surface area contributed by atoms with Crippen LogP contribution in [-0.4, -0.2) is 0 Å². The number of benzene rings is 11. The summed E-state index contributed by atoms with van der Waals surface area (Å²) in [5.74, 6) is 0. The second-order valence-electron chi connectivity index (χ2n) is 15.9. The topological polar surface area (TPSA) is 0 Å². The molecule has 11 aromatic carbocycles. The van der Waals surface area contributed by atoms with Crippen LogP contribution in [0.15, 0.2) is 206 Å². The largest absolute Gasteiger partial charge is 0.135 e. The van der Waals surface area contributed by atoms with Gasteiger partial charge in [-0.3, -0.25) is 0 Å². The fourth-order valence-electron chi connectivity index (χ4n) is 9.90. The summed E-state index contributed by atoms with van der Waals surface area (Å²) >= 11 is 3.75. The molecule has 0 aliphatic rings. The fourth-order valence-corrected chi connectivity index (χ4v) is 12.1. The first-order valence-electron chi connectivity index (χ1n) is 20.6. The molecule has 0 amide bonds. The molecule has 0 aliphatic heterocycles. The van der Waals surface area contributed by atoms with Gasteiger partial charge in [0, 0.05) is 40.3 Å². The van der Waals surface area contributed by atoms with E-state index in [0.717, 1.165) is 0 Å². The Bertz CT molecular complexity index is 3630. The van der Waals surface area contributed by atoms with E-state index in [4.69, 9.17) is 0 Å². The first-order valence-corrected chi connectivity index (χ1v) is 22.2. The molecule has 0 saturated carbocycles. The average Bonchev–Trinajstić information content (AvgIpc) is 3.88. The van der Waals surface area contributed by atoms with E-state index in [2.05, 4.69) is 206 Å². The molecule has 0 saturated heterocycles. The Labute approximate surface area is 354 Å². The maximum atomic E-state index is 2.47. The Morgan fingerprint density at radius 1 is 0.217 bits per heavy atom. The van der Waals surface area contributed by atoms with Gasteiger partial charge in [0.25, 0.3) is 0 Å². The molecular weight excluding hydrogens is 761 g/mol. The summed E-state index contributed by atoms with van der Waals surface area (Å²) < 4.78 is 5.28. The molecular formula is C58H34S2. The van der Waals surface area contributed by atoms with Crippen LogP contribution in [0.25, 0.3) is 128 Å². The van der Waals surface area contributed by atoms with Crippen molar-refractivity contribution in [1.29, 1.82) is 0 Å². The molecule has 278 valence electrons. The van der Waals surface area contributed by atoms with Crippen molar-refractivity contribution in [2.45, 2.75) is 0 Å². The lowest BCUT2D eigenvalue weighted by Gasteiger charge is -2.20. The summed E-state index contributed by atoms with van der Waals surface area (Å²) in [6.07, 6.45) is 0. The first-order chi connectivity index (χ1) is 29.7. The Balaban J connectivity index is 1.18. The van der Waals surface area contributed by atoms with E-state index in [0.29, 0.717) is 0 Å². The van der Waals surface area contributed by atoms with Crippen molar-refractivity contribution < 1.29 is 0 Å². The Morgan fingerprint density at radius 3 is 1.07 bits per heavy atom. The molecule has 0 N–H and O–H groups in total. The molecule has 0 aliphatic carbocycles. The maximum Gasteiger partial charge on any atom is 0.0355 e. The van der Waals surface area contributed by atoms with Crippen molar-refractivity contribution in [1.82, 2.24) is 0 Å². The minimum Gasteiger partial charge on any atom is -0.135 e. The van der Waals surface area contributed by atoms with Crippen molar-refractivity contribution in [2.75, 3.05) is 0 Å². The lowest BCUT2D eigenvalue weighted by atomic mass is 9.83. The molecule has 0 radical (unpaired) electrons. The average molecular weight is 795 g/mol. The predicted molar refractivity (Wildman–Crippen MR) is 264 cm³/mol. The molecule has 2 aromatic heterocycles. The van der Waals surface area contributed by atoms with E-state index in [-0.39, 0.29) is 0 Å². The third-order valence-corrected chi connectivity index (χ3v) is 15.0. The SMILES string of the molecule is c1ccc2c(-c3ccc4c(-c5ccc6sc7ccccc7c6c5)c5cc(-c6cccc7ccccc67)ccc5c(-c5ccc6sc7ccccc7c6c5)c4c3)cccc2c1. The van der Waals surface area contributed by atoms with E-state index in [1.807, 2.05) is 22.7 Å². The zero-order valence-electron chi connectivity index (χ0n) is 32.4. The van der Waals surface area contributed by atoms with Crippen LogP contribution in [0.5, 0.6) is 0 Å². The van der Waals surface area contributed by atoms with Crippen LogP contribution < -0.4 is 0 Å². The van der Waals surface area contributed by atoms with Gasteiger partial charge in [0.15, 0.2) is 0 Å². The highest BCUT2D eigenvalue weighted by molar-refractivity contribution is 7.26. The third kappa shape index (κ3) is 5.15. The van der Waals surface area contributed by atoms with Gasteiger partial charge in [-0.25, -0.2) is 0 Å². The van der Waals surface area contributed by atoms with Gasteiger partial charge in [-0.2, -0.15) is 0 Å². The van der Waals surface area contributed by atoms with Crippen LogP contribution >= 0.6 is 22.7 Å². The van der Waals surface area contributed by atoms with Crippen LogP contribution in [0.4, 0.5) is 0 Å². The highest BCUT2D eigenvalue weighted by atomic mass is 32.1. The summed E-state index contributed by atoms with van der Waals surface area (Å²) in [6, 6.07) is 77.4. The Kier molecular flexibility index (Phi) is 7.45. The third-order valence-electron chi connectivity index (χ3n) is 12.6. The molecule has 0 fully saturated rings. The van der Waals surface area contributed by atoms with Gasteiger partial charge in [0.05, 0.1) is 0 Å². The molecule has 2 heteroatoms. The van der Waals surface area contributed by atoms with Crippen molar-refractivity contribution in [3.63, 3.8) is 0 Å². The minimum atomic E-state index is 1.22. The molecule has 0 spiro atoms. The molecule has 0 unspecified atom stereocenters. The van der Waals surface area contributed by atoms with Crippen LogP contribution in [0, 0.1) is 0 Å². The maximum absolute atomic E-state index is 2.47. The van der Waals surface area contributed by atoms with Gasteiger partial charge in [0.1, 0.15) is 0 Å². The van der Waals surface area contributed by atoms with E-state index >= 15 is 0 Å². The number of fused-ring (bicyclic) bond motifs is 10. The lowest BCUT2D eigenvalue weighted by molar-refractivity contribution is 1.66. The van der Waals surface area contributed by atoms with Crippen molar-refractivity contribution in [3.8, 4) is 44.5 Å². The van der Waals surface area contributed by atoms with E-state index in [9.17, 15) is 0 Å². The van der Waals surface area contributed by atoms with Gasteiger partial charge in [0.2, 0.25) is 0 Å². The van der Waals surface area contributed by atoms with E-state index in [1.165, 1.54) is 128 Å². The zero-order valence-corrected chi connectivity index (χ0v) is 34.1. The second-order valence-corrected chi connectivity index (χ2v) is 18.1. The van der Waals surface area contributed by atoms with Crippen LogP contribution in [0.1, 0.15) is 0 Å². The van der Waals surface area contributed by atoms with Gasteiger partial charge < -0.3 is 0 Å². The molecule has 13 aromatic rings. The van der Waals surface area contributed by atoms with Crippen molar-refractivity contribution in [3.05, 3.63) is 206 Å². The zero-order chi connectivity index (χ0) is 39.3. The minimum absolute atomic E-state index is 1.22. The summed E-state index contributed by atoms with van der Waals surface area (Å²) in [5, 5.41) is 15.3. The van der Waals surface area contributed by atoms with Gasteiger partial charge in [-0.1, -0.05) is 158 Å². The Morgan fingerprint density at radius 2 is 0.583 bits per heavy atom. The van der Waals surface area contributed by atoms with Crippen LogP contribution in [0.2, 0.25) is 0 Å². The highest BCUT2D eigenvalue weighted by Gasteiger charge is 2.21. The molecule has 13 rings (SSSR count). The molecule has 0 atom stereocenters. The van der Waals surface area contributed by atoms with E-state index < -0.39 is 0 Å². The summed E-state index contributed by atoms with van der Waals surface area (Å²) in [6.45, 7) is 0. The number of hydrogen-bond donors (Lipinski definition) is 0. The standard InChI is InChI=1S/C58H34S2/c1-3-15-41-35(11-1)13-9-19-43(41)37-23-27-47-51(31-37)57(39-25-29-55-49(33-39)45-17-5-7-21-53(45)59-55)48-28-24-38(44-20-10-14-36-12-2-4-16-42(36)44)32-52(48)58(47)40-26-30-56-50(34-40)46-18-6-8-22-54(46)60-56/h1-34H. The predicted octanol–water partition coefficient (Wildman–Crippen LogP) is 17.7. The molecule has 0 nitrogen and oxygen atoms in total. The fraction of sp³-hybridized carbons (Fsp3) is 0. The number of thiophene rings is 2. The Hall–Kier alpha value is -7.10. The van der Waals surface area contributed by atoms with Crippen LogP contribution in [-0.2, 0) is 0 Å². The highest BCUT2D eigenvalue weighted by Crippen LogP contribution is 2.49. The quantitative estimate of drug-likeness (QED) is 0.156. The normalized spacial score (nSPS) is 12.0. The number of hydrogen-bond acceptors (Lipinski definition) is 2. The number of rotatable bonds is 4. The summed E-state index contributed by atoms with van der Waals surface area (Å²) in [5.41, 5.74) is 9.96. The van der Waals surface area contributed by atoms with E-state index in [1.54, 1.807) is 0 Å². The lowest BCUT2D eigenvalue weighted by Crippen LogP contribution is -1.93. The van der Waals surface area contributed by atoms with Gasteiger partial charge in [-0.05, 0) is 136 Å². The monoisotopic (exact) mass is 794 g/mol. The first kappa shape index (κ1) is 33.8. The molecule has 0 bridgehead atoms. The van der Waals surface area contributed by atoms with Crippen LogP contribution in [0.3, 0.4) is 0 Å². The summed E-state index contributed by atoms with van der Waals surface area (Å²) in [4.78, 5) is 0. The molecule has 60 heavy (non-hydrogen) atoms. The second kappa shape index (κ2) is 13.2. The van der Waals surface area contributed by atoms with Crippen molar-refractivity contribution >= 4 is 106 Å². The molecule has 2 heterocycles.